The van der Waals surface area contributed by atoms with Crippen molar-refractivity contribution >= 4 is 28.3 Å². The van der Waals surface area contributed by atoms with Gasteiger partial charge in [0.15, 0.2) is 0 Å². The van der Waals surface area contributed by atoms with Crippen LogP contribution in [0.4, 0.5) is 5.69 Å². The number of piperidine rings is 1. The zero-order chi connectivity index (χ0) is 23.7. The van der Waals surface area contributed by atoms with Gasteiger partial charge in [0.05, 0.1) is 28.7 Å². The molecule has 0 spiro atoms. The molecule has 3 aromatic heterocycles. The molecule has 34 heavy (non-hydrogen) atoms. The summed E-state index contributed by atoms with van der Waals surface area (Å²) < 4.78 is 1.91. The highest BCUT2D eigenvalue weighted by atomic mass is 35.5. The fourth-order valence-electron chi connectivity index (χ4n) is 4.80. The Morgan fingerprint density at radius 1 is 1.26 bits per heavy atom. The molecular weight excluding hydrogens is 450 g/mol. The van der Waals surface area contributed by atoms with Crippen LogP contribution in [0, 0.1) is 6.92 Å². The van der Waals surface area contributed by atoms with E-state index in [9.17, 15) is 4.79 Å². The summed E-state index contributed by atoms with van der Waals surface area (Å²) in [4.78, 5) is 28.3. The van der Waals surface area contributed by atoms with Gasteiger partial charge < -0.3 is 25.2 Å². The molecule has 4 aromatic rings. The third-order valence-electron chi connectivity index (χ3n) is 6.67. The van der Waals surface area contributed by atoms with Crippen LogP contribution in [0.3, 0.4) is 0 Å². The lowest BCUT2D eigenvalue weighted by Crippen LogP contribution is -2.26. The average Bonchev–Trinajstić information content (AvgIpc) is 3.43. The second-order valence-electron chi connectivity index (χ2n) is 8.88. The molecule has 0 aliphatic carbocycles. The van der Waals surface area contributed by atoms with Gasteiger partial charge in [-0.3, -0.25) is 4.79 Å². The van der Waals surface area contributed by atoms with Gasteiger partial charge >= 0.3 is 0 Å². The van der Waals surface area contributed by atoms with Crippen molar-refractivity contribution in [1.29, 1.82) is 0 Å². The number of hydrogen-bond donors (Lipinski definition) is 4. The maximum Gasteiger partial charge on any atom is 0.261 e. The highest BCUT2D eigenvalue weighted by Crippen LogP contribution is 2.31. The Hall–Kier alpha value is -3.10. The number of nitrogens with zero attached hydrogens (tertiary/aromatic N) is 3. The van der Waals surface area contributed by atoms with E-state index in [0.29, 0.717) is 35.4 Å². The first-order chi connectivity index (χ1) is 16.5. The molecule has 1 aliphatic rings. The smallest absolute Gasteiger partial charge is 0.261 e. The number of aryl methyl sites for hydroxylation is 2. The monoisotopic (exact) mass is 479 g/mol. The number of hydrogen-bond acceptors (Lipinski definition) is 5. The minimum atomic E-state index is -0.186. The van der Waals surface area contributed by atoms with E-state index in [2.05, 4.69) is 44.6 Å². The van der Waals surface area contributed by atoms with E-state index in [0.717, 1.165) is 60.5 Å². The van der Waals surface area contributed by atoms with Crippen LogP contribution >= 0.6 is 11.6 Å². The molecule has 0 bridgehead atoms. The molecule has 5 rings (SSSR count). The van der Waals surface area contributed by atoms with Crippen LogP contribution in [0.15, 0.2) is 35.5 Å². The molecule has 4 N–H and O–H groups in total. The summed E-state index contributed by atoms with van der Waals surface area (Å²) in [5, 5.41) is 7.47. The van der Waals surface area contributed by atoms with Crippen LogP contribution in [0.25, 0.3) is 22.4 Å². The van der Waals surface area contributed by atoms with Crippen molar-refractivity contribution in [3.05, 3.63) is 63.1 Å². The number of imidazole rings is 2. The second kappa shape index (κ2) is 9.64. The van der Waals surface area contributed by atoms with Crippen LogP contribution in [-0.4, -0.2) is 44.1 Å². The fraction of sp³-hybridized carbons (Fsp3) is 0.400. The number of fused-ring (bicyclic) bond motifs is 1. The molecule has 4 heterocycles. The summed E-state index contributed by atoms with van der Waals surface area (Å²) >= 11 is 6.39. The first-order valence-corrected chi connectivity index (χ1v) is 12.3. The Labute approximate surface area is 203 Å². The maximum atomic E-state index is 12.8. The number of rotatable bonds is 7. The number of aromatic nitrogens is 5. The normalized spacial score (nSPS) is 14.7. The first-order valence-electron chi connectivity index (χ1n) is 11.9. The van der Waals surface area contributed by atoms with Crippen molar-refractivity contribution in [2.45, 2.75) is 45.6 Å². The molecule has 1 aromatic carbocycles. The van der Waals surface area contributed by atoms with Crippen molar-refractivity contribution in [1.82, 2.24) is 29.8 Å². The summed E-state index contributed by atoms with van der Waals surface area (Å²) in [7, 11) is 0. The van der Waals surface area contributed by atoms with Crippen LogP contribution in [0.2, 0.25) is 5.15 Å². The van der Waals surface area contributed by atoms with Crippen LogP contribution in [0.1, 0.15) is 42.5 Å². The lowest BCUT2D eigenvalue weighted by molar-refractivity contribution is 0.460. The molecule has 0 atom stereocenters. The molecule has 0 saturated carbocycles. The van der Waals surface area contributed by atoms with E-state index in [1.165, 1.54) is 5.56 Å². The van der Waals surface area contributed by atoms with E-state index < -0.39 is 0 Å². The summed E-state index contributed by atoms with van der Waals surface area (Å²) in [6, 6.07) is 6.31. The topological polar surface area (TPSA) is 103 Å². The molecule has 1 saturated heterocycles. The standard InChI is InChI=1S/C25H30ClN7O/c1-3-33-14-30-19(23(33)26)7-10-28-18-6-11-29-25(34)21(18)24-31-20-13-17(12-15(2)22(20)32-24)16-4-8-27-9-5-16/h6,11-14,16,27H,3-5,7-10H2,1-2H3,(H,31,32)(H2,28,29,34). The minimum Gasteiger partial charge on any atom is -0.384 e. The quantitative estimate of drug-likeness (QED) is 0.318. The van der Waals surface area contributed by atoms with E-state index in [1.807, 2.05) is 17.6 Å². The molecule has 178 valence electrons. The lowest BCUT2D eigenvalue weighted by atomic mass is 9.89. The summed E-state index contributed by atoms with van der Waals surface area (Å²) in [5.74, 6) is 1.12. The van der Waals surface area contributed by atoms with Gasteiger partial charge in [-0.1, -0.05) is 17.7 Å². The summed E-state index contributed by atoms with van der Waals surface area (Å²) in [6.45, 7) is 7.59. The minimum absolute atomic E-state index is 0.186. The predicted molar refractivity (Wildman–Crippen MR) is 137 cm³/mol. The van der Waals surface area contributed by atoms with E-state index in [1.54, 1.807) is 12.5 Å². The molecule has 1 aliphatic heterocycles. The Kier molecular flexibility index (Phi) is 6.43. The molecule has 0 amide bonds. The second-order valence-corrected chi connectivity index (χ2v) is 9.24. The third-order valence-corrected chi connectivity index (χ3v) is 7.10. The molecule has 8 nitrogen and oxygen atoms in total. The third kappa shape index (κ3) is 4.35. The highest BCUT2D eigenvalue weighted by molar-refractivity contribution is 6.30. The molecule has 0 radical (unpaired) electrons. The van der Waals surface area contributed by atoms with Gasteiger partial charge in [-0.15, -0.1) is 0 Å². The largest absolute Gasteiger partial charge is 0.384 e. The Bertz CT molecular complexity index is 1360. The van der Waals surface area contributed by atoms with E-state index >= 15 is 0 Å². The van der Waals surface area contributed by atoms with Gasteiger partial charge in [0.25, 0.3) is 5.56 Å². The van der Waals surface area contributed by atoms with Crippen LogP contribution < -0.4 is 16.2 Å². The Morgan fingerprint density at radius 2 is 2.09 bits per heavy atom. The Balaban J connectivity index is 1.42. The summed E-state index contributed by atoms with van der Waals surface area (Å²) in [5.41, 5.74) is 6.22. The van der Waals surface area contributed by atoms with Gasteiger partial charge in [-0.05, 0) is 69.0 Å². The van der Waals surface area contributed by atoms with Crippen LogP contribution in [-0.2, 0) is 13.0 Å². The lowest BCUT2D eigenvalue weighted by Gasteiger charge is -2.23. The van der Waals surface area contributed by atoms with Crippen molar-refractivity contribution in [2.24, 2.45) is 0 Å². The maximum absolute atomic E-state index is 12.8. The molecular formula is C25H30ClN7O. The van der Waals surface area contributed by atoms with Gasteiger partial charge in [-0.2, -0.15) is 0 Å². The number of aromatic amines is 2. The number of halogens is 1. The van der Waals surface area contributed by atoms with Crippen molar-refractivity contribution in [2.75, 3.05) is 25.0 Å². The van der Waals surface area contributed by atoms with Gasteiger partial charge in [0.1, 0.15) is 16.5 Å². The molecule has 1 fully saturated rings. The number of anilines is 1. The van der Waals surface area contributed by atoms with Crippen molar-refractivity contribution < 1.29 is 0 Å². The number of pyridine rings is 1. The molecule has 9 heteroatoms. The molecule has 0 unspecified atom stereocenters. The van der Waals surface area contributed by atoms with E-state index in [4.69, 9.17) is 16.6 Å². The summed E-state index contributed by atoms with van der Waals surface area (Å²) in [6.07, 6.45) is 6.33. The number of nitrogens with one attached hydrogen (secondary N) is 4. The predicted octanol–water partition coefficient (Wildman–Crippen LogP) is 4.22. The average molecular weight is 480 g/mol. The van der Waals surface area contributed by atoms with Gasteiger partial charge in [-0.25, -0.2) is 9.97 Å². The number of H-pyrrole nitrogens is 2. The van der Waals surface area contributed by atoms with Gasteiger partial charge in [0, 0.05) is 25.7 Å². The number of benzene rings is 1. The van der Waals surface area contributed by atoms with Gasteiger partial charge in [0.2, 0.25) is 0 Å². The highest BCUT2D eigenvalue weighted by Gasteiger charge is 2.19. The SMILES string of the molecule is CCn1cnc(CCNc2cc[nH]c(=O)c2-c2nc3c(C)cc(C4CCNCC4)cc3[nH]2)c1Cl. The van der Waals surface area contributed by atoms with Crippen molar-refractivity contribution in [3.63, 3.8) is 0 Å². The Morgan fingerprint density at radius 3 is 2.85 bits per heavy atom. The first kappa shape index (κ1) is 22.7. The fourth-order valence-corrected chi connectivity index (χ4v) is 5.11. The van der Waals surface area contributed by atoms with Crippen LogP contribution in [0.5, 0.6) is 0 Å². The zero-order valence-electron chi connectivity index (χ0n) is 19.5. The van der Waals surface area contributed by atoms with Crippen molar-refractivity contribution in [3.8, 4) is 11.4 Å². The van der Waals surface area contributed by atoms with E-state index in [-0.39, 0.29) is 5.56 Å². The zero-order valence-corrected chi connectivity index (χ0v) is 20.3.